The fourth-order valence-corrected chi connectivity index (χ4v) is 4.30. The van der Waals surface area contributed by atoms with Crippen LogP contribution in [0.5, 0.6) is 0 Å². The molecule has 1 aliphatic heterocycles. The van der Waals surface area contributed by atoms with Crippen molar-refractivity contribution in [2.24, 2.45) is 0 Å². The highest BCUT2D eigenvalue weighted by Gasteiger charge is 2.24. The molecule has 0 amide bonds. The summed E-state index contributed by atoms with van der Waals surface area (Å²) in [7, 11) is 0. The number of nitrogens with one attached hydrogen (secondary N) is 1. The van der Waals surface area contributed by atoms with E-state index in [1.165, 1.54) is 27.5 Å². The van der Waals surface area contributed by atoms with Gasteiger partial charge in [0.1, 0.15) is 12.4 Å². The first kappa shape index (κ1) is 17.7. The van der Waals surface area contributed by atoms with Gasteiger partial charge < -0.3 is 5.32 Å². The maximum atomic E-state index is 4.50. The van der Waals surface area contributed by atoms with Crippen molar-refractivity contribution < 1.29 is 0 Å². The molecule has 0 saturated heterocycles. The summed E-state index contributed by atoms with van der Waals surface area (Å²) >= 11 is 0. The quantitative estimate of drug-likeness (QED) is 0.395. The summed E-state index contributed by atoms with van der Waals surface area (Å²) in [6.07, 6.45) is 3.84. The Morgan fingerprint density at radius 2 is 1.39 bits per heavy atom. The van der Waals surface area contributed by atoms with Crippen LogP contribution in [0, 0.1) is 0 Å². The highest BCUT2D eigenvalue weighted by atomic mass is 15.4. The van der Waals surface area contributed by atoms with Gasteiger partial charge in [0, 0.05) is 5.70 Å². The van der Waals surface area contributed by atoms with Crippen LogP contribution in [-0.2, 0) is 0 Å². The summed E-state index contributed by atoms with van der Waals surface area (Å²) in [6, 6.07) is 34.0. The SMILES string of the molecule is C1=C(c2ccc(-c3ccccc3)cc2)Nc2ncnn2C1c1cccc2ccccc12. The van der Waals surface area contributed by atoms with Crippen molar-refractivity contribution in [2.75, 3.05) is 5.32 Å². The van der Waals surface area contributed by atoms with Crippen LogP contribution in [0.1, 0.15) is 17.2 Å². The summed E-state index contributed by atoms with van der Waals surface area (Å²) in [5, 5.41) is 10.4. The first-order valence-corrected chi connectivity index (χ1v) is 10.4. The van der Waals surface area contributed by atoms with E-state index in [2.05, 4.69) is 112 Å². The lowest BCUT2D eigenvalue weighted by atomic mass is 9.96. The lowest BCUT2D eigenvalue weighted by Gasteiger charge is -2.25. The van der Waals surface area contributed by atoms with E-state index in [0.717, 1.165) is 17.2 Å². The number of aromatic nitrogens is 3. The molecule has 5 aromatic rings. The lowest BCUT2D eigenvalue weighted by molar-refractivity contribution is 0.615. The van der Waals surface area contributed by atoms with Crippen LogP contribution in [0.2, 0.25) is 0 Å². The number of anilines is 1. The Morgan fingerprint density at radius 1 is 0.677 bits per heavy atom. The van der Waals surface area contributed by atoms with Crippen molar-refractivity contribution in [2.45, 2.75) is 6.04 Å². The molecule has 1 N–H and O–H groups in total. The van der Waals surface area contributed by atoms with Crippen molar-refractivity contribution in [3.63, 3.8) is 0 Å². The summed E-state index contributed by atoms with van der Waals surface area (Å²) in [6.45, 7) is 0. The molecule has 0 spiro atoms. The zero-order valence-electron chi connectivity index (χ0n) is 16.8. The summed E-state index contributed by atoms with van der Waals surface area (Å²) in [4.78, 5) is 4.45. The molecule has 6 rings (SSSR count). The first-order valence-electron chi connectivity index (χ1n) is 10.4. The van der Waals surface area contributed by atoms with Gasteiger partial charge in [0.2, 0.25) is 5.95 Å². The molecule has 4 heteroatoms. The van der Waals surface area contributed by atoms with E-state index in [0.29, 0.717) is 0 Å². The second-order valence-electron chi connectivity index (χ2n) is 7.69. The topological polar surface area (TPSA) is 42.7 Å². The molecule has 4 nitrogen and oxygen atoms in total. The second kappa shape index (κ2) is 7.26. The molecule has 0 radical (unpaired) electrons. The van der Waals surface area contributed by atoms with Crippen LogP contribution in [0.25, 0.3) is 27.6 Å². The molecule has 1 aromatic heterocycles. The molecular formula is C27H20N4. The van der Waals surface area contributed by atoms with E-state index in [4.69, 9.17) is 0 Å². The van der Waals surface area contributed by atoms with Gasteiger partial charge in [0.15, 0.2) is 0 Å². The number of hydrogen-bond acceptors (Lipinski definition) is 3. The molecule has 0 bridgehead atoms. The molecule has 1 aliphatic rings. The van der Waals surface area contributed by atoms with Gasteiger partial charge in [-0.15, -0.1) is 0 Å². The third-order valence-electron chi connectivity index (χ3n) is 5.85. The van der Waals surface area contributed by atoms with E-state index in [1.54, 1.807) is 6.33 Å². The third-order valence-corrected chi connectivity index (χ3v) is 5.85. The number of allylic oxidation sites excluding steroid dienone is 1. The fraction of sp³-hybridized carbons (Fsp3) is 0.0370. The van der Waals surface area contributed by atoms with Crippen LogP contribution in [0.4, 0.5) is 5.95 Å². The molecule has 1 unspecified atom stereocenters. The molecule has 0 fully saturated rings. The lowest BCUT2D eigenvalue weighted by Crippen LogP contribution is -2.20. The highest BCUT2D eigenvalue weighted by molar-refractivity contribution is 5.87. The van der Waals surface area contributed by atoms with E-state index >= 15 is 0 Å². The van der Waals surface area contributed by atoms with Gasteiger partial charge in [-0.25, -0.2) is 4.68 Å². The van der Waals surface area contributed by atoms with Crippen LogP contribution in [0.15, 0.2) is 109 Å². The van der Waals surface area contributed by atoms with E-state index in [-0.39, 0.29) is 6.04 Å². The average molecular weight is 400 g/mol. The zero-order chi connectivity index (χ0) is 20.6. The van der Waals surface area contributed by atoms with Crippen LogP contribution < -0.4 is 5.32 Å². The van der Waals surface area contributed by atoms with Gasteiger partial charge in [0.05, 0.1) is 0 Å². The Bertz CT molecular complexity index is 1390. The van der Waals surface area contributed by atoms with Crippen molar-refractivity contribution in [1.82, 2.24) is 14.8 Å². The van der Waals surface area contributed by atoms with Gasteiger partial charge in [-0.2, -0.15) is 10.1 Å². The molecular weight excluding hydrogens is 380 g/mol. The fourth-order valence-electron chi connectivity index (χ4n) is 4.30. The van der Waals surface area contributed by atoms with Crippen LogP contribution in [0.3, 0.4) is 0 Å². The monoisotopic (exact) mass is 400 g/mol. The average Bonchev–Trinajstić information content (AvgIpc) is 3.33. The normalized spacial score (nSPS) is 15.2. The van der Waals surface area contributed by atoms with E-state index < -0.39 is 0 Å². The van der Waals surface area contributed by atoms with Crippen molar-refractivity contribution in [1.29, 1.82) is 0 Å². The van der Waals surface area contributed by atoms with Gasteiger partial charge in [0.25, 0.3) is 0 Å². The summed E-state index contributed by atoms with van der Waals surface area (Å²) < 4.78 is 1.95. The Balaban J connectivity index is 1.44. The van der Waals surface area contributed by atoms with E-state index in [1.807, 2.05) is 10.7 Å². The largest absolute Gasteiger partial charge is 0.324 e. The maximum Gasteiger partial charge on any atom is 0.226 e. The second-order valence-corrected chi connectivity index (χ2v) is 7.69. The Morgan fingerprint density at radius 3 is 2.26 bits per heavy atom. The smallest absolute Gasteiger partial charge is 0.226 e. The minimum Gasteiger partial charge on any atom is -0.324 e. The number of nitrogens with zero attached hydrogens (tertiary/aromatic N) is 3. The predicted octanol–water partition coefficient (Wildman–Crippen LogP) is 6.15. The minimum absolute atomic E-state index is 0.0337. The summed E-state index contributed by atoms with van der Waals surface area (Å²) in [5.74, 6) is 0.752. The number of hydrogen-bond donors (Lipinski definition) is 1. The first-order chi connectivity index (χ1) is 15.4. The molecule has 4 aromatic carbocycles. The molecule has 148 valence electrons. The molecule has 1 atom stereocenters. The molecule has 0 aliphatic carbocycles. The van der Waals surface area contributed by atoms with Gasteiger partial charge in [-0.1, -0.05) is 97.1 Å². The number of rotatable bonds is 3. The van der Waals surface area contributed by atoms with E-state index in [9.17, 15) is 0 Å². The Kier molecular flexibility index (Phi) is 4.13. The standard InChI is InChI=1S/C27H20N4/c1-2-7-19(8-3-1)20-13-15-22(16-14-20)25-17-26(31-27(30-25)28-18-29-31)24-12-6-10-21-9-4-5-11-23(21)24/h1-18,26H,(H,28,29,30). The van der Waals surface area contributed by atoms with Crippen molar-refractivity contribution >= 4 is 22.4 Å². The minimum atomic E-state index is -0.0337. The highest BCUT2D eigenvalue weighted by Crippen LogP contribution is 2.35. The Labute approximate surface area is 180 Å². The molecule has 0 saturated carbocycles. The van der Waals surface area contributed by atoms with Crippen molar-refractivity contribution in [3.05, 3.63) is 121 Å². The Hall–Kier alpha value is -4.18. The number of benzene rings is 4. The van der Waals surface area contributed by atoms with Gasteiger partial charge in [-0.3, -0.25) is 0 Å². The maximum absolute atomic E-state index is 4.50. The zero-order valence-corrected chi connectivity index (χ0v) is 16.8. The number of fused-ring (bicyclic) bond motifs is 2. The molecule has 31 heavy (non-hydrogen) atoms. The molecule has 2 heterocycles. The predicted molar refractivity (Wildman–Crippen MR) is 126 cm³/mol. The van der Waals surface area contributed by atoms with Crippen LogP contribution in [-0.4, -0.2) is 14.8 Å². The third kappa shape index (κ3) is 3.09. The van der Waals surface area contributed by atoms with Gasteiger partial charge in [-0.05, 0) is 39.1 Å². The van der Waals surface area contributed by atoms with Crippen LogP contribution >= 0.6 is 0 Å². The van der Waals surface area contributed by atoms with Gasteiger partial charge >= 0.3 is 0 Å². The summed E-state index contributed by atoms with van der Waals surface area (Å²) in [5.41, 5.74) is 5.80. The van der Waals surface area contributed by atoms with Crippen molar-refractivity contribution in [3.8, 4) is 11.1 Å².